The molecule has 0 aliphatic carbocycles. The van der Waals surface area contributed by atoms with Crippen molar-refractivity contribution in [1.82, 2.24) is 14.8 Å². The van der Waals surface area contributed by atoms with Gasteiger partial charge in [-0.15, -0.1) is 16.8 Å². The number of aryl methyl sites for hydroxylation is 1. The molecule has 0 saturated heterocycles. The molecule has 3 rings (SSSR count). The molecule has 3 aromatic rings. The average Bonchev–Trinajstić information content (AvgIpc) is 3.18. The van der Waals surface area contributed by atoms with Crippen molar-refractivity contribution < 1.29 is 9.53 Å². The van der Waals surface area contributed by atoms with E-state index < -0.39 is 0 Å². The Bertz CT molecular complexity index is 1120. The van der Waals surface area contributed by atoms with Gasteiger partial charge in [0.25, 0.3) is 0 Å². The second kappa shape index (κ2) is 12.8. The maximum absolute atomic E-state index is 12.4. The summed E-state index contributed by atoms with van der Waals surface area (Å²) in [5, 5.41) is 13.2. The molecule has 0 aliphatic rings. The molecule has 1 heterocycles. The zero-order chi connectivity index (χ0) is 24.5. The molecular weight excluding hydrogens is 491 g/mol. The molecule has 1 amide bonds. The van der Waals surface area contributed by atoms with Gasteiger partial charge in [-0.3, -0.25) is 4.79 Å². The van der Waals surface area contributed by atoms with Gasteiger partial charge in [-0.1, -0.05) is 67.0 Å². The summed E-state index contributed by atoms with van der Waals surface area (Å²) in [6.07, 6.45) is 3.18. The Balaban J connectivity index is 1.51. The van der Waals surface area contributed by atoms with Crippen molar-refractivity contribution in [3.63, 3.8) is 0 Å². The van der Waals surface area contributed by atoms with E-state index in [1.54, 1.807) is 24.3 Å². The van der Waals surface area contributed by atoms with Crippen molar-refractivity contribution in [2.75, 3.05) is 17.7 Å². The molecule has 1 N–H and O–H groups in total. The van der Waals surface area contributed by atoms with Crippen LogP contribution in [0.2, 0.25) is 10.0 Å². The van der Waals surface area contributed by atoms with Crippen LogP contribution >= 0.6 is 35.0 Å². The Morgan fingerprint density at radius 3 is 2.65 bits per heavy atom. The van der Waals surface area contributed by atoms with E-state index in [9.17, 15) is 4.79 Å². The highest BCUT2D eigenvalue weighted by molar-refractivity contribution is 7.99. The number of hydrogen-bond acceptors (Lipinski definition) is 5. The molecule has 180 valence electrons. The fourth-order valence-corrected chi connectivity index (χ4v) is 4.44. The van der Waals surface area contributed by atoms with E-state index in [2.05, 4.69) is 35.9 Å². The number of thioether (sulfide) groups is 1. The quantitative estimate of drug-likeness (QED) is 0.165. The number of ether oxygens (including phenoxy) is 1. The van der Waals surface area contributed by atoms with E-state index in [1.165, 1.54) is 17.3 Å². The molecule has 0 saturated carbocycles. The zero-order valence-corrected chi connectivity index (χ0v) is 21.6. The van der Waals surface area contributed by atoms with Crippen LogP contribution in [0.15, 0.2) is 60.3 Å². The minimum atomic E-state index is -0.0924. The normalized spacial score (nSPS) is 11.0. The van der Waals surface area contributed by atoms with E-state index in [0.29, 0.717) is 46.4 Å². The van der Waals surface area contributed by atoms with E-state index in [0.717, 1.165) is 17.9 Å². The van der Waals surface area contributed by atoms with Gasteiger partial charge >= 0.3 is 0 Å². The van der Waals surface area contributed by atoms with Gasteiger partial charge in [0.1, 0.15) is 11.6 Å². The molecule has 6 nitrogen and oxygen atoms in total. The predicted molar refractivity (Wildman–Crippen MR) is 140 cm³/mol. The first-order valence-electron chi connectivity index (χ1n) is 11.0. The fourth-order valence-electron chi connectivity index (χ4n) is 3.21. The first-order valence-corrected chi connectivity index (χ1v) is 12.7. The minimum absolute atomic E-state index is 0.0924. The number of anilines is 1. The van der Waals surface area contributed by atoms with Crippen molar-refractivity contribution in [3.05, 3.63) is 76.6 Å². The van der Waals surface area contributed by atoms with Crippen LogP contribution < -0.4 is 10.1 Å². The van der Waals surface area contributed by atoms with Crippen LogP contribution in [-0.2, 0) is 17.8 Å². The largest absolute Gasteiger partial charge is 0.492 e. The highest BCUT2D eigenvalue weighted by Gasteiger charge is 2.14. The zero-order valence-electron chi connectivity index (χ0n) is 19.3. The van der Waals surface area contributed by atoms with Crippen LogP contribution in [0.4, 0.5) is 5.69 Å². The number of nitrogens with one attached hydrogen (secondary N) is 1. The standard InChI is InChI=1S/C25H28Cl2N4O2S/c1-4-13-31-23(6-5-14-33-22-12-9-19(26)15-21(22)27)29-30-25(31)34-16-24(32)28-20-10-7-18(8-11-20)17(2)3/h4,7-12,15,17H,1,5-6,13-14,16H2,2-3H3,(H,28,32). The van der Waals surface area contributed by atoms with Crippen LogP contribution in [0.25, 0.3) is 0 Å². The molecule has 0 radical (unpaired) electrons. The van der Waals surface area contributed by atoms with Gasteiger partial charge in [0.15, 0.2) is 5.16 Å². The summed E-state index contributed by atoms with van der Waals surface area (Å²) in [6.45, 7) is 9.14. The number of nitrogens with zero attached hydrogens (tertiary/aromatic N) is 3. The molecule has 0 fully saturated rings. The van der Waals surface area contributed by atoms with Gasteiger partial charge in [0.2, 0.25) is 5.91 Å². The van der Waals surface area contributed by atoms with Gasteiger partial charge in [-0.05, 0) is 48.2 Å². The second-order valence-corrected chi connectivity index (χ2v) is 9.72. The Morgan fingerprint density at radius 1 is 1.21 bits per heavy atom. The average molecular weight is 519 g/mol. The summed E-state index contributed by atoms with van der Waals surface area (Å²) in [5.74, 6) is 2.01. The molecule has 0 unspecified atom stereocenters. The Labute approximate surface area is 214 Å². The van der Waals surface area contributed by atoms with Crippen molar-refractivity contribution in [3.8, 4) is 5.75 Å². The number of hydrogen-bond donors (Lipinski definition) is 1. The van der Waals surface area contributed by atoms with Gasteiger partial charge in [0, 0.05) is 23.7 Å². The number of benzene rings is 2. The van der Waals surface area contributed by atoms with Crippen LogP contribution in [-0.4, -0.2) is 33.0 Å². The lowest BCUT2D eigenvalue weighted by atomic mass is 10.0. The van der Waals surface area contributed by atoms with Crippen LogP contribution in [0.3, 0.4) is 0 Å². The molecule has 1 aromatic heterocycles. The summed E-state index contributed by atoms with van der Waals surface area (Å²) >= 11 is 13.4. The molecule has 0 aliphatic heterocycles. The highest BCUT2D eigenvalue weighted by atomic mass is 35.5. The topological polar surface area (TPSA) is 69.0 Å². The number of carbonyl (C=O) groups is 1. The molecule has 0 atom stereocenters. The van der Waals surface area contributed by atoms with Gasteiger partial charge in [0.05, 0.1) is 17.4 Å². The highest BCUT2D eigenvalue weighted by Crippen LogP contribution is 2.27. The van der Waals surface area contributed by atoms with Crippen LogP contribution in [0.1, 0.15) is 37.6 Å². The maximum atomic E-state index is 12.4. The Morgan fingerprint density at radius 2 is 1.97 bits per heavy atom. The number of rotatable bonds is 12. The lowest BCUT2D eigenvalue weighted by Crippen LogP contribution is -2.15. The van der Waals surface area contributed by atoms with E-state index >= 15 is 0 Å². The molecule has 2 aromatic carbocycles. The monoisotopic (exact) mass is 518 g/mol. The third-order valence-electron chi connectivity index (χ3n) is 4.99. The van der Waals surface area contributed by atoms with E-state index in [4.69, 9.17) is 27.9 Å². The summed E-state index contributed by atoms with van der Waals surface area (Å²) in [6, 6.07) is 13.1. The number of aromatic nitrogens is 3. The number of allylic oxidation sites excluding steroid dienone is 1. The molecule has 9 heteroatoms. The Hall–Kier alpha value is -2.48. The number of carbonyl (C=O) groups excluding carboxylic acids is 1. The van der Waals surface area contributed by atoms with Gasteiger partial charge in [-0.2, -0.15) is 0 Å². The van der Waals surface area contributed by atoms with Crippen molar-refractivity contribution in [2.45, 2.75) is 44.3 Å². The first kappa shape index (κ1) is 26.1. The predicted octanol–water partition coefficient (Wildman–Crippen LogP) is 6.64. The van der Waals surface area contributed by atoms with E-state index in [1.807, 2.05) is 28.8 Å². The number of halogens is 2. The number of amides is 1. The lowest BCUT2D eigenvalue weighted by molar-refractivity contribution is -0.113. The fraction of sp³-hybridized carbons (Fsp3) is 0.320. The third kappa shape index (κ3) is 7.52. The third-order valence-corrected chi connectivity index (χ3v) is 6.49. The van der Waals surface area contributed by atoms with Crippen molar-refractivity contribution in [2.24, 2.45) is 0 Å². The minimum Gasteiger partial charge on any atom is -0.492 e. The molecule has 0 spiro atoms. The lowest BCUT2D eigenvalue weighted by Gasteiger charge is -2.10. The smallest absolute Gasteiger partial charge is 0.234 e. The Kier molecular flexibility index (Phi) is 9.86. The summed E-state index contributed by atoms with van der Waals surface area (Å²) in [7, 11) is 0. The first-order chi connectivity index (χ1) is 16.4. The summed E-state index contributed by atoms with van der Waals surface area (Å²) < 4.78 is 7.72. The van der Waals surface area contributed by atoms with Crippen molar-refractivity contribution >= 4 is 46.6 Å². The van der Waals surface area contributed by atoms with Crippen LogP contribution in [0, 0.1) is 0 Å². The van der Waals surface area contributed by atoms with Crippen molar-refractivity contribution in [1.29, 1.82) is 0 Å². The van der Waals surface area contributed by atoms with Crippen LogP contribution in [0.5, 0.6) is 5.75 Å². The molecular formula is C25H28Cl2N4O2S. The summed E-state index contributed by atoms with van der Waals surface area (Å²) in [4.78, 5) is 12.4. The second-order valence-electron chi connectivity index (χ2n) is 7.94. The van der Waals surface area contributed by atoms with Gasteiger partial charge in [-0.25, -0.2) is 0 Å². The SMILES string of the molecule is C=CCn1c(CCCOc2ccc(Cl)cc2Cl)nnc1SCC(=O)Nc1ccc(C(C)C)cc1. The maximum Gasteiger partial charge on any atom is 0.234 e. The summed E-state index contributed by atoms with van der Waals surface area (Å²) in [5.41, 5.74) is 2.02. The molecule has 34 heavy (non-hydrogen) atoms. The molecule has 0 bridgehead atoms. The van der Waals surface area contributed by atoms with E-state index in [-0.39, 0.29) is 11.7 Å². The van der Waals surface area contributed by atoms with Gasteiger partial charge < -0.3 is 14.6 Å².